The number of halogens is 2. The van der Waals surface area contributed by atoms with Gasteiger partial charge in [0.05, 0.1) is 21.5 Å². The van der Waals surface area contributed by atoms with Crippen molar-refractivity contribution in [3.8, 4) is 0 Å². The van der Waals surface area contributed by atoms with Crippen LogP contribution in [0.15, 0.2) is 47.4 Å². The lowest BCUT2D eigenvalue weighted by Crippen LogP contribution is -2.43. The summed E-state index contributed by atoms with van der Waals surface area (Å²) in [5.74, 6) is 0.0615. The maximum Gasteiger partial charge on any atom is 0.243 e. The molecule has 0 N–H and O–H groups in total. The molecule has 0 saturated carbocycles. The molecule has 1 heterocycles. The van der Waals surface area contributed by atoms with Crippen molar-refractivity contribution in [2.75, 3.05) is 24.5 Å². The number of rotatable bonds is 7. The van der Waals surface area contributed by atoms with Crippen molar-refractivity contribution in [1.82, 2.24) is 4.31 Å². The van der Waals surface area contributed by atoms with Gasteiger partial charge in [-0.15, -0.1) is 0 Å². The Morgan fingerprint density at radius 2 is 1.86 bits per heavy atom. The number of nitrogens with zero attached hydrogens (tertiary/aromatic N) is 2. The van der Waals surface area contributed by atoms with Crippen LogP contribution in [0.5, 0.6) is 0 Å². The van der Waals surface area contributed by atoms with Crippen molar-refractivity contribution < 1.29 is 13.2 Å². The summed E-state index contributed by atoms with van der Waals surface area (Å²) in [5, 5.41) is 0.445. The number of hydrogen-bond donors (Lipinski definition) is 0. The lowest BCUT2D eigenvalue weighted by atomic mass is 10.1. The molecule has 0 radical (unpaired) electrons. The Bertz CT molecular complexity index is 1010. The minimum absolute atomic E-state index is 0.0327. The van der Waals surface area contributed by atoms with Gasteiger partial charge in [0.25, 0.3) is 0 Å². The number of carbonyl (C=O) groups is 1. The summed E-state index contributed by atoms with van der Waals surface area (Å²) in [6.07, 6.45) is 1.41. The average Bonchev–Trinajstić information content (AvgIpc) is 3.11. The first kappa shape index (κ1) is 22.1. The Labute approximate surface area is 182 Å². The van der Waals surface area contributed by atoms with Gasteiger partial charge >= 0.3 is 0 Å². The molecule has 0 unspecified atom stereocenters. The normalized spacial score (nSPS) is 13.9. The van der Waals surface area contributed by atoms with Crippen LogP contribution >= 0.6 is 23.2 Å². The van der Waals surface area contributed by atoms with E-state index in [-0.39, 0.29) is 33.9 Å². The molecule has 2 aromatic rings. The molecular weight excluding hydrogens is 431 g/mol. The number of benzene rings is 2. The highest BCUT2D eigenvalue weighted by atomic mass is 35.5. The quantitative estimate of drug-likeness (QED) is 0.612. The molecule has 1 aliphatic rings. The van der Waals surface area contributed by atoms with Crippen molar-refractivity contribution in [3.63, 3.8) is 0 Å². The second-order valence-electron chi connectivity index (χ2n) is 7.52. The van der Waals surface area contributed by atoms with Crippen molar-refractivity contribution >= 4 is 44.8 Å². The molecule has 1 aliphatic heterocycles. The first-order valence-electron chi connectivity index (χ1n) is 9.53. The fourth-order valence-corrected chi connectivity index (χ4v) is 5.10. The summed E-state index contributed by atoms with van der Waals surface area (Å²) in [7, 11) is -3.90. The fraction of sp³-hybridized carbons (Fsp3) is 0.381. The van der Waals surface area contributed by atoms with Crippen LogP contribution in [0, 0.1) is 5.92 Å². The van der Waals surface area contributed by atoms with Crippen LogP contribution in [-0.4, -0.2) is 38.3 Å². The molecule has 2 aromatic carbocycles. The molecule has 3 rings (SSSR count). The van der Waals surface area contributed by atoms with E-state index in [2.05, 4.69) is 0 Å². The van der Waals surface area contributed by atoms with E-state index in [1.807, 2.05) is 38.1 Å². The minimum Gasteiger partial charge on any atom is -0.311 e. The van der Waals surface area contributed by atoms with Crippen LogP contribution in [-0.2, 0) is 21.2 Å². The number of fused-ring (bicyclic) bond motifs is 1. The van der Waals surface area contributed by atoms with Crippen molar-refractivity contribution in [2.45, 2.75) is 31.6 Å². The summed E-state index contributed by atoms with van der Waals surface area (Å²) in [5.41, 5.74) is 1.95. The molecule has 1 amide bonds. The molecule has 0 spiro atoms. The summed E-state index contributed by atoms with van der Waals surface area (Å²) in [6.45, 7) is 4.62. The Kier molecular flexibility index (Phi) is 6.89. The molecule has 29 heavy (non-hydrogen) atoms. The highest BCUT2D eigenvalue weighted by Crippen LogP contribution is 2.29. The van der Waals surface area contributed by atoms with E-state index in [4.69, 9.17) is 23.2 Å². The molecule has 8 heteroatoms. The SMILES string of the molecule is CC(C)CCN(CC(=O)N1CCc2ccccc21)S(=O)(=O)c1ccc(Cl)c(Cl)c1. The zero-order valence-corrected chi connectivity index (χ0v) is 18.8. The maximum absolute atomic E-state index is 13.3. The van der Waals surface area contributed by atoms with E-state index in [0.29, 0.717) is 18.9 Å². The second kappa shape index (κ2) is 9.04. The lowest BCUT2D eigenvalue weighted by Gasteiger charge is -2.26. The molecule has 0 saturated heterocycles. The number of hydrogen-bond acceptors (Lipinski definition) is 3. The van der Waals surface area contributed by atoms with Crippen molar-refractivity contribution in [3.05, 3.63) is 58.1 Å². The van der Waals surface area contributed by atoms with Crippen LogP contribution in [0.4, 0.5) is 5.69 Å². The van der Waals surface area contributed by atoms with Crippen LogP contribution in [0.3, 0.4) is 0 Å². The highest BCUT2D eigenvalue weighted by molar-refractivity contribution is 7.89. The number of carbonyl (C=O) groups excluding carboxylic acids is 1. The van der Waals surface area contributed by atoms with Crippen LogP contribution in [0.25, 0.3) is 0 Å². The van der Waals surface area contributed by atoms with Crippen LogP contribution in [0.1, 0.15) is 25.8 Å². The molecular formula is C21H24Cl2N2O3S. The standard InChI is InChI=1S/C21H24Cl2N2O3S/c1-15(2)9-11-24(29(27,28)17-7-8-18(22)19(23)13-17)14-21(26)25-12-10-16-5-3-4-6-20(16)25/h3-8,13,15H,9-12,14H2,1-2H3. The van der Waals surface area contributed by atoms with Gasteiger partial charge < -0.3 is 4.90 Å². The van der Waals surface area contributed by atoms with Crippen LogP contribution in [0.2, 0.25) is 10.0 Å². The number of para-hydroxylation sites is 1. The Morgan fingerprint density at radius 3 is 2.55 bits per heavy atom. The molecule has 156 valence electrons. The van der Waals surface area contributed by atoms with Crippen molar-refractivity contribution in [1.29, 1.82) is 0 Å². The number of amides is 1. The fourth-order valence-electron chi connectivity index (χ4n) is 3.31. The van der Waals surface area contributed by atoms with E-state index in [1.54, 1.807) is 4.90 Å². The highest BCUT2D eigenvalue weighted by Gasteiger charge is 2.31. The van der Waals surface area contributed by atoms with E-state index in [9.17, 15) is 13.2 Å². The third-order valence-electron chi connectivity index (χ3n) is 4.98. The van der Waals surface area contributed by atoms with Gasteiger partial charge in [0.15, 0.2) is 0 Å². The molecule has 0 fully saturated rings. The van der Waals surface area contributed by atoms with Gasteiger partial charge in [-0.05, 0) is 48.6 Å². The lowest BCUT2D eigenvalue weighted by molar-refractivity contribution is -0.118. The predicted octanol–water partition coefficient (Wildman–Crippen LogP) is 4.62. The van der Waals surface area contributed by atoms with Gasteiger partial charge in [-0.3, -0.25) is 4.79 Å². The van der Waals surface area contributed by atoms with Gasteiger partial charge in [-0.1, -0.05) is 55.2 Å². The van der Waals surface area contributed by atoms with E-state index in [0.717, 1.165) is 17.7 Å². The Morgan fingerprint density at radius 1 is 1.14 bits per heavy atom. The van der Waals surface area contributed by atoms with E-state index in [1.165, 1.54) is 22.5 Å². The smallest absolute Gasteiger partial charge is 0.243 e. The zero-order chi connectivity index (χ0) is 21.2. The Balaban J connectivity index is 1.87. The molecule has 0 atom stereocenters. The summed E-state index contributed by atoms with van der Waals surface area (Å²) in [6, 6.07) is 11.9. The molecule has 0 aromatic heterocycles. The van der Waals surface area contributed by atoms with Crippen LogP contribution < -0.4 is 4.90 Å². The zero-order valence-electron chi connectivity index (χ0n) is 16.4. The third kappa shape index (κ3) is 4.94. The third-order valence-corrected chi connectivity index (χ3v) is 7.56. The van der Waals surface area contributed by atoms with Gasteiger partial charge in [-0.25, -0.2) is 8.42 Å². The van der Waals surface area contributed by atoms with Gasteiger partial charge in [-0.2, -0.15) is 4.31 Å². The monoisotopic (exact) mass is 454 g/mol. The summed E-state index contributed by atoms with van der Waals surface area (Å²) >= 11 is 12.0. The number of anilines is 1. The maximum atomic E-state index is 13.3. The average molecular weight is 455 g/mol. The van der Waals surface area contributed by atoms with Gasteiger partial charge in [0, 0.05) is 18.8 Å². The minimum atomic E-state index is -3.90. The largest absolute Gasteiger partial charge is 0.311 e. The first-order chi connectivity index (χ1) is 13.7. The second-order valence-corrected chi connectivity index (χ2v) is 10.3. The van der Waals surface area contributed by atoms with Crippen molar-refractivity contribution in [2.24, 2.45) is 5.92 Å². The number of sulfonamides is 1. The van der Waals surface area contributed by atoms with E-state index >= 15 is 0 Å². The van der Waals surface area contributed by atoms with Gasteiger partial charge in [0.1, 0.15) is 0 Å². The topological polar surface area (TPSA) is 57.7 Å². The molecule has 0 bridgehead atoms. The summed E-state index contributed by atoms with van der Waals surface area (Å²) < 4.78 is 27.8. The van der Waals surface area contributed by atoms with Gasteiger partial charge in [0.2, 0.25) is 15.9 Å². The van der Waals surface area contributed by atoms with E-state index < -0.39 is 10.0 Å². The first-order valence-corrected chi connectivity index (χ1v) is 11.7. The molecule has 5 nitrogen and oxygen atoms in total. The summed E-state index contributed by atoms with van der Waals surface area (Å²) in [4.78, 5) is 14.7. The predicted molar refractivity (Wildman–Crippen MR) is 117 cm³/mol. The molecule has 0 aliphatic carbocycles. The Hall–Kier alpha value is -1.60.